The van der Waals surface area contributed by atoms with E-state index in [2.05, 4.69) is 4.98 Å². The highest BCUT2D eigenvalue weighted by atomic mass is 19.1. The number of pyridine rings is 1. The second kappa shape index (κ2) is 5.41. The van der Waals surface area contributed by atoms with Gasteiger partial charge in [0.1, 0.15) is 5.75 Å². The molecule has 0 saturated carbocycles. The average molecular weight is 232 g/mol. The van der Waals surface area contributed by atoms with Crippen molar-refractivity contribution in [2.24, 2.45) is 5.73 Å². The van der Waals surface area contributed by atoms with Crippen molar-refractivity contribution in [3.05, 3.63) is 54.0 Å². The SMILES string of the molecule is NCCc1ccc(Oc2ncccc2F)cc1. The van der Waals surface area contributed by atoms with Crippen LogP contribution >= 0.6 is 0 Å². The third-order valence-corrected chi connectivity index (χ3v) is 2.30. The minimum absolute atomic E-state index is 0.0147. The summed E-state index contributed by atoms with van der Waals surface area (Å²) in [7, 11) is 0. The number of rotatable bonds is 4. The van der Waals surface area contributed by atoms with Gasteiger partial charge in [0.15, 0.2) is 5.82 Å². The number of hydrogen-bond acceptors (Lipinski definition) is 3. The molecule has 17 heavy (non-hydrogen) atoms. The van der Waals surface area contributed by atoms with Crippen molar-refractivity contribution in [3.63, 3.8) is 0 Å². The van der Waals surface area contributed by atoms with Gasteiger partial charge >= 0.3 is 0 Å². The van der Waals surface area contributed by atoms with Crippen molar-refractivity contribution in [2.45, 2.75) is 6.42 Å². The van der Waals surface area contributed by atoms with Gasteiger partial charge in [0.05, 0.1) is 0 Å². The lowest BCUT2D eigenvalue weighted by molar-refractivity contribution is 0.422. The van der Waals surface area contributed by atoms with E-state index in [1.807, 2.05) is 12.1 Å². The van der Waals surface area contributed by atoms with Crippen molar-refractivity contribution in [3.8, 4) is 11.6 Å². The van der Waals surface area contributed by atoms with Crippen LogP contribution in [0.4, 0.5) is 4.39 Å². The molecular weight excluding hydrogens is 219 g/mol. The molecule has 0 saturated heterocycles. The number of nitrogens with zero attached hydrogens (tertiary/aromatic N) is 1. The summed E-state index contributed by atoms with van der Waals surface area (Å²) in [4.78, 5) is 3.82. The van der Waals surface area contributed by atoms with Gasteiger partial charge in [-0.15, -0.1) is 0 Å². The Morgan fingerprint density at radius 2 is 1.94 bits per heavy atom. The Morgan fingerprint density at radius 1 is 1.18 bits per heavy atom. The fourth-order valence-electron chi connectivity index (χ4n) is 1.45. The van der Waals surface area contributed by atoms with Crippen LogP contribution in [0.2, 0.25) is 0 Å². The molecule has 2 aromatic rings. The van der Waals surface area contributed by atoms with Crippen LogP contribution < -0.4 is 10.5 Å². The van der Waals surface area contributed by atoms with E-state index in [1.54, 1.807) is 12.1 Å². The molecule has 2 N–H and O–H groups in total. The molecule has 0 aliphatic rings. The lowest BCUT2D eigenvalue weighted by Crippen LogP contribution is -2.02. The Bertz CT molecular complexity index is 485. The molecule has 3 nitrogen and oxygen atoms in total. The van der Waals surface area contributed by atoms with Gasteiger partial charge in [0.2, 0.25) is 0 Å². The molecule has 2 rings (SSSR count). The van der Waals surface area contributed by atoms with Crippen molar-refractivity contribution < 1.29 is 9.13 Å². The first-order chi connectivity index (χ1) is 8.29. The average Bonchev–Trinajstić information content (AvgIpc) is 2.35. The monoisotopic (exact) mass is 232 g/mol. The smallest absolute Gasteiger partial charge is 0.255 e. The number of aromatic nitrogens is 1. The van der Waals surface area contributed by atoms with E-state index >= 15 is 0 Å². The summed E-state index contributed by atoms with van der Waals surface area (Å²) < 4.78 is 18.6. The molecule has 0 fully saturated rings. The molecule has 0 aliphatic carbocycles. The molecule has 88 valence electrons. The van der Waals surface area contributed by atoms with E-state index in [0.717, 1.165) is 12.0 Å². The first kappa shape index (κ1) is 11.5. The van der Waals surface area contributed by atoms with Crippen molar-refractivity contribution in [1.82, 2.24) is 4.98 Å². The Morgan fingerprint density at radius 3 is 2.59 bits per heavy atom. The second-order valence-electron chi connectivity index (χ2n) is 3.58. The van der Waals surface area contributed by atoms with Crippen LogP contribution in [-0.2, 0) is 6.42 Å². The van der Waals surface area contributed by atoms with E-state index in [0.29, 0.717) is 12.3 Å². The molecule has 1 heterocycles. The number of hydrogen-bond donors (Lipinski definition) is 1. The fourth-order valence-corrected chi connectivity index (χ4v) is 1.45. The summed E-state index contributed by atoms with van der Waals surface area (Å²) in [6.45, 7) is 0.606. The van der Waals surface area contributed by atoms with Crippen LogP contribution in [-0.4, -0.2) is 11.5 Å². The number of nitrogens with two attached hydrogens (primary N) is 1. The van der Waals surface area contributed by atoms with E-state index in [9.17, 15) is 4.39 Å². The molecular formula is C13H13FN2O. The Balaban J connectivity index is 2.11. The largest absolute Gasteiger partial charge is 0.436 e. The topological polar surface area (TPSA) is 48.1 Å². The predicted molar refractivity (Wildman–Crippen MR) is 63.5 cm³/mol. The summed E-state index contributed by atoms with van der Waals surface area (Å²) in [6, 6.07) is 10.2. The maximum Gasteiger partial charge on any atom is 0.255 e. The molecule has 4 heteroatoms. The maximum absolute atomic E-state index is 13.3. The van der Waals surface area contributed by atoms with E-state index in [-0.39, 0.29) is 5.88 Å². The molecule has 0 spiro atoms. The molecule has 1 aromatic heterocycles. The zero-order valence-corrected chi connectivity index (χ0v) is 9.27. The minimum Gasteiger partial charge on any atom is -0.436 e. The highest BCUT2D eigenvalue weighted by Gasteiger charge is 2.04. The highest BCUT2D eigenvalue weighted by molar-refractivity contribution is 5.30. The van der Waals surface area contributed by atoms with Crippen LogP contribution in [0.5, 0.6) is 11.6 Å². The third-order valence-electron chi connectivity index (χ3n) is 2.30. The van der Waals surface area contributed by atoms with Crippen molar-refractivity contribution in [1.29, 1.82) is 0 Å². The van der Waals surface area contributed by atoms with Crippen LogP contribution in [0.15, 0.2) is 42.6 Å². The molecule has 0 radical (unpaired) electrons. The Labute approximate surface area is 99.1 Å². The van der Waals surface area contributed by atoms with Gasteiger partial charge < -0.3 is 10.5 Å². The Hall–Kier alpha value is -1.94. The van der Waals surface area contributed by atoms with Gasteiger partial charge in [-0.1, -0.05) is 12.1 Å². The number of halogens is 1. The summed E-state index contributed by atoms with van der Waals surface area (Å²) in [5, 5.41) is 0. The molecule has 1 aromatic carbocycles. The third kappa shape index (κ3) is 3.01. The summed E-state index contributed by atoms with van der Waals surface area (Å²) >= 11 is 0. The zero-order valence-electron chi connectivity index (χ0n) is 9.27. The van der Waals surface area contributed by atoms with Crippen LogP contribution in [0.25, 0.3) is 0 Å². The predicted octanol–water partition coefficient (Wildman–Crippen LogP) is 2.51. The van der Waals surface area contributed by atoms with E-state index in [4.69, 9.17) is 10.5 Å². The van der Waals surface area contributed by atoms with Gasteiger partial charge in [0, 0.05) is 6.20 Å². The van der Waals surface area contributed by atoms with E-state index < -0.39 is 5.82 Å². The van der Waals surface area contributed by atoms with Gasteiger partial charge in [-0.2, -0.15) is 0 Å². The molecule has 0 bridgehead atoms. The van der Waals surface area contributed by atoms with E-state index in [1.165, 1.54) is 18.3 Å². The van der Waals surface area contributed by atoms with Gasteiger partial charge in [0.25, 0.3) is 5.88 Å². The van der Waals surface area contributed by atoms with Gasteiger partial charge in [-0.3, -0.25) is 0 Å². The molecule has 0 atom stereocenters. The first-order valence-corrected chi connectivity index (χ1v) is 5.37. The van der Waals surface area contributed by atoms with Crippen molar-refractivity contribution in [2.75, 3.05) is 6.54 Å². The zero-order chi connectivity index (χ0) is 12.1. The van der Waals surface area contributed by atoms with Gasteiger partial charge in [-0.25, -0.2) is 9.37 Å². The highest BCUT2D eigenvalue weighted by Crippen LogP contribution is 2.21. The summed E-state index contributed by atoms with van der Waals surface area (Å²) in [5.74, 6) is 0.0704. The lowest BCUT2D eigenvalue weighted by atomic mass is 10.1. The van der Waals surface area contributed by atoms with Crippen molar-refractivity contribution >= 4 is 0 Å². The first-order valence-electron chi connectivity index (χ1n) is 5.37. The quantitative estimate of drug-likeness (QED) is 0.881. The molecule has 0 amide bonds. The summed E-state index contributed by atoms with van der Waals surface area (Å²) in [6.07, 6.45) is 2.30. The standard InChI is InChI=1S/C13H13FN2O/c14-12-2-1-9-16-13(12)17-11-5-3-10(4-6-11)7-8-15/h1-6,9H,7-8,15H2. The lowest BCUT2D eigenvalue weighted by Gasteiger charge is -2.06. The summed E-state index contributed by atoms with van der Waals surface area (Å²) in [5.41, 5.74) is 6.58. The number of benzene rings is 1. The molecule has 0 unspecified atom stereocenters. The van der Waals surface area contributed by atoms with Crippen LogP contribution in [0.3, 0.4) is 0 Å². The van der Waals surface area contributed by atoms with Gasteiger partial charge in [-0.05, 0) is 42.8 Å². The number of ether oxygens (including phenoxy) is 1. The second-order valence-corrected chi connectivity index (χ2v) is 3.58. The van der Waals surface area contributed by atoms with Crippen LogP contribution in [0, 0.1) is 5.82 Å². The Kier molecular flexibility index (Phi) is 3.67. The molecule has 0 aliphatic heterocycles. The minimum atomic E-state index is -0.474. The van der Waals surface area contributed by atoms with Crippen LogP contribution in [0.1, 0.15) is 5.56 Å². The normalized spacial score (nSPS) is 10.2. The maximum atomic E-state index is 13.3. The fraction of sp³-hybridized carbons (Fsp3) is 0.154.